The van der Waals surface area contributed by atoms with E-state index in [0.29, 0.717) is 28.1 Å². The molecule has 292 valence electrons. The average Bonchev–Trinajstić information content (AvgIpc) is 3.05. The van der Waals surface area contributed by atoms with Crippen LogP contribution in [0.25, 0.3) is 11.3 Å². The van der Waals surface area contributed by atoms with Crippen LogP contribution in [-0.2, 0) is 27.5 Å². The Labute approximate surface area is 298 Å². The predicted octanol–water partition coefficient (Wildman–Crippen LogP) is 3.95. The Morgan fingerprint density at radius 3 is 2.02 bits per heavy atom. The van der Waals surface area contributed by atoms with Crippen LogP contribution in [0.3, 0.4) is 0 Å². The minimum absolute atomic E-state index is 0.0222. The molecule has 0 unspecified atom stereocenters. The number of carbonyl (C=O) groups is 4. The van der Waals surface area contributed by atoms with Crippen LogP contribution in [0.4, 0.5) is 37.8 Å². The fourth-order valence-electron chi connectivity index (χ4n) is 3.79. The molecule has 1 aromatic heterocycles. The van der Waals surface area contributed by atoms with E-state index in [0.717, 1.165) is 12.0 Å². The summed E-state index contributed by atoms with van der Waals surface area (Å²) < 4.78 is 62.1. The van der Waals surface area contributed by atoms with Gasteiger partial charge < -0.3 is 37.6 Å². The largest absolute Gasteiger partial charge is 0.490 e. The Morgan fingerprint density at radius 2 is 1.57 bits per heavy atom. The lowest BCUT2D eigenvalue weighted by atomic mass is 10.1. The molecule has 0 saturated carbocycles. The number of carbonyl (C=O) groups excluding carboxylic acids is 2. The second-order valence-corrected chi connectivity index (χ2v) is 10.9. The highest BCUT2D eigenvalue weighted by molar-refractivity contribution is 5.97. The summed E-state index contributed by atoms with van der Waals surface area (Å²) in [6, 6.07) is 11.7. The van der Waals surface area contributed by atoms with Crippen LogP contribution >= 0.6 is 0 Å². The van der Waals surface area contributed by atoms with E-state index in [1.807, 2.05) is 27.7 Å². The number of nitrogens with two attached hydrogens (primary N) is 2. The van der Waals surface area contributed by atoms with Gasteiger partial charge in [0.25, 0.3) is 17.9 Å². The Bertz CT molecular complexity index is 1730. The molecule has 2 aromatic carbocycles. The van der Waals surface area contributed by atoms with E-state index in [4.69, 9.17) is 36.7 Å². The molecular formula is C32H40F6N8O7. The maximum atomic E-state index is 13.4. The van der Waals surface area contributed by atoms with Crippen molar-refractivity contribution >= 4 is 41.6 Å². The Balaban J connectivity index is 0.00000164. The molecule has 1 atom stereocenters. The lowest BCUT2D eigenvalue weighted by Gasteiger charge is -2.17. The average molecular weight is 763 g/mol. The predicted molar refractivity (Wildman–Crippen MR) is 183 cm³/mol. The summed E-state index contributed by atoms with van der Waals surface area (Å²) in [6.07, 6.45) is -2.82. The van der Waals surface area contributed by atoms with Gasteiger partial charge in [-0.05, 0) is 51.0 Å². The fraction of sp³-hybridized carbons (Fsp3) is 0.344. The van der Waals surface area contributed by atoms with E-state index in [2.05, 4.69) is 20.9 Å². The number of nitrogens with zero attached hydrogens (tertiary/aromatic N) is 2. The molecule has 0 saturated heterocycles. The van der Waals surface area contributed by atoms with Gasteiger partial charge in [0.1, 0.15) is 12.4 Å². The Kier molecular flexibility index (Phi) is 20.0. The number of amidine groups is 1. The molecule has 0 radical (unpaired) electrons. The normalized spacial score (nSPS) is 10.9. The van der Waals surface area contributed by atoms with Crippen molar-refractivity contribution in [2.45, 2.75) is 72.1 Å². The van der Waals surface area contributed by atoms with Gasteiger partial charge >= 0.3 is 18.8 Å². The first kappa shape index (κ1) is 46.8. The number of hydrogen-bond acceptors (Lipinski definition) is 9. The zero-order chi connectivity index (χ0) is 41.1. The zero-order valence-corrected chi connectivity index (χ0v) is 28.8. The third kappa shape index (κ3) is 18.1. The van der Waals surface area contributed by atoms with Crippen molar-refractivity contribution in [1.82, 2.24) is 20.2 Å². The summed E-state index contributed by atoms with van der Waals surface area (Å²) in [5, 5.41) is 30.3. The van der Waals surface area contributed by atoms with E-state index in [1.165, 1.54) is 10.8 Å². The first-order valence-electron chi connectivity index (χ1n) is 15.2. The van der Waals surface area contributed by atoms with E-state index < -0.39 is 30.3 Å². The molecule has 15 nitrogen and oxygen atoms in total. The highest BCUT2D eigenvalue weighted by atomic mass is 19.4. The SMILES string of the molecule is CC[C@@H](C)NC(=O)c1cc(N)cc(-c2cnc(NC(C)C)c(=O)n2CC(=O)NCc2ccc(C(=N)N)cc2)c1.FC(F)F.O=C(O)C(F)(F)F.O=CO. The number of carboxylic acids is 1. The van der Waals surface area contributed by atoms with Crippen LogP contribution in [0.2, 0.25) is 0 Å². The van der Waals surface area contributed by atoms with Gasteiger partial charge in [0.15, 0.2) is 5.82 Å². The number of nitrogen functional groups attached to an aromatic ring is 2. The number of amides is 2. The van der Waals surface area contributed by atoms with Gasteiger partial charge in [-0.15, -0.1) is 0 Å². The van der Waals surface area contributed by atoms with Gasteiger partial charge in [-0.1, -0.05) is 31.2 Å². The van der Waals surface area contributed by atoms with Crippen molar-refractivity contribution < 1.29 is 55.7 Å². The van der Waals surface area contributed by atoms with Crippen LogP contribution in [0.15, 0.2) is 53.5 Å². The van der Waals surface area contributed by atoms with Gasteiger partial charge in [-0.2, -0.15) is 26.3 Å². The summed E-state index contributed by atoms with van der Waals surface area (Å²) >= 11 is 0. The molecule has 3 aromatic rings. The molecule has 0 bridgehead atoms. The number of aliphatic carboxylic acids is 1. The summed E-state index contributed by atoms with van der Waals surface area (Å²) in [6.45, 7) is 3.66. The summed E-state index contributed by atoms with van der Waals surface area (Å²) in [5.41, 5.74) is 14.0. The van der Waals surface area contributed by atoms with Crippen molar-refractivity contribution in [3.05, 3.63) is 75.7 Å². The third-order valence-electron chi connectivity index (χ3n) is 6.28. The Morgan fingerprint density at radius 1 is 1.04 bits per heavy atom. The number of benzene rings is 2. The van der Waals surface area contributed by atoms with Crippen LogP contribution < -0.4 is 33.0 Å². The van der Waals surface area contributed by atoms with Crippen LogP contribution in [0.1, 0.15) is 55.6 Å². The summed E-state index contributed by atoms with van der Waals surface area (Å²) in [5.74, 6) is -3.36. The first-order valence-corrected chi connectivity index (χ1v) is 15.2. The molecule has 0 aliphatic heterocycles. The lowest BCUT2D eigenvalue weighted by Crippen LogP contribution is -2.35. The summed E-state index contributed by atoms with van der Waals surface area (Å²) in [4.78, 5) is 60.7. The second kappa shape index (κ2) is 22.6. The molecule has 21 heteroatoms. The minimum atomic E-state index is -5.08. The highest BCUT2D eigenvalue weighted by Gasteiger charge is 2.38. The molecule has 0 aliphatic rings. The van der Waals surface area contributed by atoms with Crippen LogP contribution in [-0.4, -0.2) is 74.8 Å². The van der Waals surface area contributed by atoms with Crippen molar-refractivity contribution in [3.8, 4) is 11.3 Å². The number of nitrogens with one attached hydrogen (secondary N) is 4. The van der Waals surface area contributed by atoms with E-state index in [-0.39, 0.29) is 49.2 Å². The summed E-state index contributed by atoms with van der Waals surface area (Å²) in [7, 11) is 0. The highest BCUT2D eigenvalue weighted by Crippen LogP contribution is 2.24. The number of aromatic nitrogens is 2. The van der Waals surface area contributed by atoms with Crippen molar-refractivity contribution in [1.29, 1.82) is 5.41 Å². The number of halogens is 6. The smallest absolute Gasteiger partial charge is 0.483 e. The van der Waals surface area contributed by atoms with Gasteiger partial charge in [0, 0.05) is 41.0 Å². The molecule has 1 heterocycles. The quantitative estimate of drug-likeness (QED) is 0.0456. The van der Waals surface area contributed by atoms with Gasteiger partial charge in [-0.25, -0.2) is 9.78 Å². The van der Waals surface area contributed by atoms with Crippen LogP contribution in [0, 0.1) is 5.41 Å². The molecule has 2 amide bonds. The molecular weight excluding hydrogens is 722 g/mol. The molecule has 53 heavy (non-hydrogen) atoms. The number of alkyl halides is 6. The topological polar surface area (TPSA) is 256 Å². The maximum absolute atomic E-state index is 13.4. The molecule has 0 spiro atoms. The second-order valence-electron chi connectivity index (χ2n) is 10.9. The molecule has 10 N–H and O–H groups in total. The number of carboxylic acid groups (broad SMARTS) is 2. The standard InChI is InChI=1S/C28H36N8O3.C2HF3O2.CHF3.CH2O2/c1-5-17(4)35-27(38)21-10-20(11-22(29)12-21)23-14-33-26(34-16(2)3)28(39)36(23)15-24(37)32-13-18-6-8-19(9-7-18)25(30)31;3-2(4,5)1(6)7;2-1(3)4;2-1-3/h6-12,14,16-17H,5,13,15,29H2,1-4H3,(H3,30,31)(H,32,37)(H,33,34)(H,35,38);(H,6,7);1H;1H,(H,2,3)/t17-;;;/m1.../s1. The first-order chi connectivity index (χ1) is 24.6. The van der Waals surface area contributed by atoms with E-state index in [1.54, 1.807) is 42.5 Å². The Hall–Kier alpha value is -6.15. The number of rotatable bonds is 11. The van der Waals surface area contributed by atoms with Crippen molar-refractivity contribution in [2.24, 2.45) is 5.73 Å². The van der Waals surface area contributed by atoms with Crippen molar-refractivity contribution in [3.63, 3.8) is 0 Å². The molecule has 3 rings (SSSR count). The van der Waals surface area contributed by atoms with E-state index >= 15 is 0 Å². The zero-order valence-electron chi connectivity index (χ0n) is 28.8. The van der Waals surface area contributed by atoms with Crippen LogP contribution in [0.5, 0.6) is 0 Å². The molecule has 0 fully saturated rings. The molecule has 0 aliphatic carbocycles. The lowest BCUT2D eigenvalue weighted by molar-refractivity contribution is -0.192. The maximum Gasteiger partial charge on any atom is 0.490 e. The number of hydrogen-bond donors (Lipinski definition) is 8. The number of anilines is 2. The van der Waals surface area contributed by atoms with Crippen molar-refractivity contribution in [2.75, 3.05) is 11.1 Å². The third-order valence-corrected chi connectivity index (χ3v) is 6.28. The van der Waals surface area contributed by atoms with Gasteiger partial charge in [-0.3, -0.25) is 29.2 Å². The van der Waals surface area contributed by atoms with Gasteiger partial charge in [0.2, 0.25) is 5.91 Å². The minimum Gasteiger partial charge on any atom is -0.483 e. The fourth-order valence-corrected chi connectivity index (χ4v) is 3.79. The monoisotopic (exact) mass is 762 g/mol. The van der Waals surface area contributed by atoms with Gasteiger partial charge in [0.05, 0.1) is 11.9 Å². The van der Waals surface area contributed by atoms with E-state index in [9.17, 15) is 40.7 Å².